The fourth-order valence-corrected chi connectivity index (χ4v) is 11.1. The van der Waals surface area contributed by atoms with Gasteiger partial charge in [0.15, 0.2) is 11.6 Å². The van der Waals surface area contributed by atoms with Gasteiger partial charge in [0.25, 0.3) is 11.1 Å². The Kier molecular flexibility index (Phi) is 15.1. The summed E-state index contributed by atoms with van der Waals surface area (Å²) < 4.78 is 46.6. The normalized spacial score (nSPS) is 14.4. The van der Waals surface area contributed by atoms with Gasteiger partial charge in [-0.1, -0.05) is 54.1 Å². The van der Waals surface area contributed by atoms with E-state index in [9.17, 15) is 18.4 Å². The largest absolute Gasteiger partial charge is 0.498 e. The molecule has 0 unspecified atom stereocenters. The molecule has 9 heterocycles. The molecule has 0 spiro atoms. The first-order chi connectivity index (χ1) is 39.3. The standard InChI is InChI=1S/C26H20FN7OS.C22H15ClFN5OS.C10H17BN2O2/c1-15(32-24-23-25(29-13-28-24)36-14-30-23)21-9-16-5-3-8-20(17-11-31-33(2)12-17)22(16)26(35)34(21)19-7-4-6-18(27)10-19;1-12(28-20-19-21(26-10-25-20)31-11-27-19)17-8-13-4-2-7-16(23)18(13)22(30)29(17)15-6-3-5-14(24)9-15;1-9(2)10(3,4)15-11(14-9)8-6-12-13(5)7-8/h3-15H,1-2H3,(H,28,29,32);2-12H,1H3,(H,25,26,28);6-7H,1-5H3/t15-;12-;/m00./s1. The van der Waals surface area contributed by atoms with Gasteiger partial charge in [-0.15, -0.1) is 22.7 Å². The predicted molar refractivity (Wildman–Crippen MR) is 320 cm³/mol. The SMILES string of the molecule is C[C@H](Nc1ncnc2scnc12)c1cc2cccc(-c3cnn(C)c3)c2c(=O)n1-c1cccc(F)c1.C[C@H](Nc1ncnc2scnc12)c1cc2cccc(Cl)c2c(=O)n1-c1cccc(F)c1.Cn1cc(B2OC(C)(C)C(C)(C)O2)cn1. The molecule has 8 aromatic heterocycles. The van der Waals surface area contributed by atoms with E-state index in [0.717, 1.165) is 31.6 Å². The fraction of sp³-hybridized carbons (Fsp3) is 0.207. The van der Waals surface area contributed by atoms with Crippen LogP contribution in [0, 0.1) is 11.6 Å². The van der Waals surface area contributed by atoms with Crippen LogP contribution in [0.2, 0.25) is 5.02 Å². The minimum Gasteiger partial charge on any atom is -0.399 e. The molecule has 4 aromatic carbocycles. The highest BCUT2D eigenvalue weighted by Crippen LogP contribution is 2.37. The van der Waals surface area contributed by atoms with E-state index in [4.69, 9.17) is 20.9 Å². The van der Waals surface area contributed by atoms with Crippen molar-refractivity contribution in [2.45, 2.75) is 64.8 Å². The predicted octanol–water partition coefficient (Wildman–Crippen LogP) is 11.2. The summed E-state index contributed by atoms with van der Waals surface area (Å²) >= 11 is 9.18. The Morgan fingerprint density at radius 3 is 1.60 bits per heavy atom. The third-order valence-electron chi connectivity index (χ3n) is 14.4. The van der Waals surface area contributed by atoms with Crippen molar-refractivity contribution in [2.24, 2.45) is 14.1 Å². The Morgan fingerprint density at radius 2 is 1.10 bits per heavy atom. The summed E-state index contributed by atoms with van der Waals surface area (Å²) in [6, 6.07) is 26.1. The topological polar surface area (TPSA) is 200 Å². The zero-order chi connectivity index (χ0) is 57.6. The zero-order valence-corrected chi connectivity index (χ0v) is 47.9. The van der Waals surface area contributed by atoms with Crippen LogP contribution in [0.5, 0.6) is 0 Å². The van der Waals surface area contributed by atoms with E-state index in [1.54, 1.807) is 73.7 Å². The molecule has 0 aliphatic carbocycles. The number of anilines is 2. The summed E-state index contributed by atoms with van der Waals surface area (Å²) in [4.78, 5) is 55.0. The molecule has 1 aliphatic rings. The summed E-state index contributed by atoms with van der Waals surface area (Å²) in [5.41, 5.74) is 8.31. The molecule has 24 heteroatoms. The molecule has 13 rings (SSSR count). The first-order valence-corrected chi connectivity index (χ1v) is 28.0. The number of nitrogens with zero attached hydrogens (tertiary/aromatic N) is 12. The smallest absolute Gasteiger partial charge is 0.399 e. The highest BCUT2D eigenvalue weighted by atomic mass is 35.5. The lowest BCUT2D eigenvalue weighted by Gasteiger charge is -2.32. The van der Waals surface area contributed by atoms with Crippen LogP contribution >= 0.6 is 34.3 Å². The van der Waals surface area contributed by atoms with Gasteiger partial charge in [0, 0.05) is 55.1 Å². The van der Waals surface area contributed by atoms with E-state index in [0.29, 0.717) is 66.6 Å². The molecule has 414 valence electrons. The molecule has 0 radical (unpaired) electrons. The third-order valence-corrected chi connectivity index (χ3v) is 16.1. The van der Waals surface area contributed by atoms with Crippen LogP contribution in [-0.2, 0) is 23.4 Å². The Morgan fingerprint density at radius 1 is 0.610 bits per heavy atom. The molecule has 0 amide bonds. The van der Waals surface area contributed by atoms with Gasteiger partial charge in [-0.05, 0) is 112 Å². The van der Waals surface area contributed by atoms with Gasteiger partial charge in [0.2, 0.25) is 0 Å². The molecule has 1 saturated heterocycles. The molecule has 1 fully saturated rings. The van der Waals surface area contributed by atoms with Crippen LogP contribution in [-0.4, -0.2) is 76.9 Å². The lowest BCUT2D eigenvalue weighted by Crippen LogP contribution is -2.41. The van der Waals surface area contributed by atoms with E-state index in [1.165, 1.54) is 64.2 Å². The van der Waals surface area contributed by atoms with Crippen LogP contribution in [0.15, 0.2) is 155 Å². The minimum atomic E-state index is -0.435. The number of pyridine rings is 2. The van der Waals surface area contributed by atoms with E-state index < -0.39 is 11.6 Å². The first kappa shape index (κ1) is 55.3. The van der Waals surface area contributed by atoms with Gasteiger partial charge in [-0.2, -0.15) is 10.2 Å². The van der Waals surface area contributed by atoms with Gasteiger partial charge in [0.05, 0.1) is 67.7 Å². The molecule has 0 bridgehead atoms. The number of rotatable bonds is 10. The number of aromatic nitrogens is 12. The van der Waals surface area contributed by atoms with Crippen molar-refractivity contribution in [3.05, 3.63) is 194 Å². The first-order valence-electron chi connectivity index (χ1n) is 25.8. The Hall–Kier alpha value is -8.61. The summed E-state index contributed by atoms with van der Waals surface area (Å²) in [7, 11) is 3.41. The van der Waals surface area contributed by atoms with Crippen LogP contribution in [0.3, 0.4) is 0 Å². The average molecular weight is 1160 g/mol. The van der Waals surface area contributed by atoms with Crippen molar-refractivity contribution >= 4 is 101 Å². The van der Waals surface area contributed by atoms with E-state index >= 15 is 0 Å². The number of halogens is 3. The lowest BCUT2D eigenvalue weighted by atomic mass is 9.82. The molecule has 12 aromatic rings. The zero-order valence-electron chi connectivity index (χ0n) is 45.5. The molecular formula is C58H52BClF2N14O4S2. The molecule has 82 heavy (non-hydrogen) atoms. The number of hydrogen-bond acceptors (Lipinski definition) is 16. The number of aryl methyl sites for hydroxylation is 2. The molecule has 18 nitrogen and oxygen atoms in total. The van der Waals surface area contributed by atoms with Gasteiger partial charge in [-0.3, -0.25) is 28.1 Å². The summed E-state index contributed by atoms with van der Waals surface area (Å²) in [5, 5.41) is 17.8. The van der Waals surface area contributed by atoms with E-state index in [2.05, 4.69) is 50.7 Å². The molecule has 2 N–H and O–H groups in total. The fourth-order valence-electron chi connectivity index (χ4n) is 9.62. The number of nitrogens with one attached hydrogen (secondary N) is 2. The van der Waals surface area contributed by atoms with Gasteiger partial charge in [-0.25, -0.2) is 38.7 Å². The van der Waals surface area contributed by atoms with Crippen molar-refractivity contribution in [3.8, 4) is 22.5 Å². The molecular weight excluding hydrogens is 1110 g/mol. The molecule has 1 aliphatic heterocycles. The lowest BCUT2D eigenvalue weighted by molar-refractivity contribution is 0.00578. The summed E-state index contributed by atoms with van der Waals surface area (Å²) in [5.74, 6) is 0.265. The number of fused-ring (bicyclic) bond motifs is 4. The van der Waals surface area contributed by atoms with Crippen molar-refractivity contribution in [1.82, 2.24) is 58.6 Å². The molecule has 0 saturated carbocycles. The van der Waals surface area contributed by atoms with E-state index in [1.807, 2.05) is 104 Å². The molecule has 2 atom stereocenters. The number of hydrogen-bond donors (Lipinski definition) is 2. The van der Waals surface area contributed by atoms with Crippen LogP contribution in [0.1, 0.15) is 65.0 Å². The quantitative estimate of drug-likeness (QED) is 0.123. The second kappa shape index (κ2) is 22.4. The number of thiazole rings is 2. The summed E-state index contributed by atoms with van der Waals surface area (Å²) in [6.07, 6.45) is 10.2. The second-order valence-corrected chi connectivity index (χ2v) is 22.6. The summed E-state index contributed by atoms with van der Waals surface area (Å²) in [6.45, 7) is 12.0. The maximum atomic E-state index is 14.3. The second-order valence-electron chi connectivity index (χ2n) is 20.5. The van der Waals surface area contributed by atoms with Crippen LogP contribution < -0.4 is 27.2 Å². The Labute approximate surface area is 481 Å². The van der Waals surface area contributed by atoms with Crippen LogP contribution in [0.4, 0.5) is 20.4 Å². The van der Waals surface area contributed by atoms with Gasteiger partial charge in [0.1, 0.15) is 45.0 Å². The van der Waals surface area contributed by atoms with Gasteiger partial charge >= 0.3 is 7.12 Å². The highest BCUT2D eigenvalue weighted by Gasteiger charge is 2.52. The van der Waals surface area contributed by atoms with Crippen molar-refractivity contribution in [2.75, 3.05) is 10.6 Å². The Balaban J connectivity index is 0.000000139. The van der Waals surface area contributed by atoms with Crippen molar-refractivity contribution in [1.29, 1.82) is 0 Å². The highest BCUT2D eigenvalue weighted by molar-refractivity contribution is 7.16. The minimum absolute atomic E-state index is 0.248. The third kappa shape index (κ3) is 10.9. The monoisotopic (exact) mass is 1160 g/mol. The van der Waals surface area contributed by atoms with Gasteiger partial charge < -0.3 is 19.9 Å². The van der Waals surface area contributed by atoms with E-state index in [-0.39, 0.29) is 41.5 Å². The van der Waals surface area contributed by atoms with Crippen LogP contribution in [0.25, 0.3) is 64.7 Å². The van der Waals surface area contributed by atoms with Crippen molar-refractivity contribution in [3.63, 3.8) is 0 Å². The maximum Gasteiger partial charge on any atom is 0.498 e. The number of benzene rings is 4. The van der Waals surface area contributed by atoms with Crippen molar-refractivity contribution < 1.29 is 18.1 Å². The maximum absolute atomic E-state index is 14.3. The average Bonchev–Trinajstić information content (AvgIpc) is 4.35. The Bertz CT molecular complexity index is 4470.